The number of nitrogens with two attached hydrogens (primary N) is 1. The molecule has 98 valence electrons. The van der Waals surface area contributed by atoms with Gasteiger partial charge in [-0.05, 0) is 25.7 Å². The predicted molar refractivity (Wildman–Crippen MR) is 63.8 cm³/mol. The molecule has 0 saturated heterocycles. The number of carboxylic acid groups (broad SMARTS) is 1. The van der Waals surface area contributed by atoms with Gasteiger partial charge in [0.25, 0.3) is 0 Å². The Morgan fingerprint density at radius 1 is 1.67 bits per heavy atom. The third-order valence-electron chi connectivity index (χ3n) is 3.10. The van der Waals surface area contributed by atoms with Crippen LogP contribution in [0, 0.1) is 5.92 Å². The predicted octanol–water partition coefficient (Wildman–Crippen LogP) is 0.0336. The summed E-state index contributed by atoms with van der Waals surface area (Å²) in [4.78, 5) is 22.4. The summed E-state index contributed by atoms with van der Waals surface area (Å²) in [5, 5.41) is 15.1. The summed E-state index contributed by atoms with van der Waals surface area (Å²) in [5.41, 5.74) is 5.54. The minimum absolute atomic E-state index is 0.228. The van der Waals surface area contributed by atoms with Crippen LogP contribution in [0.2, 0.25) is 0 Å². The van der Waals surface area contributed by atoms with Gasteiger partial charge in [0.1, 0.15) is 6.54 Å². The molecule has 0 bridgehead atoms. The number of carbonyl (C=O) groups is 2. The third-order valence-corrected chi connectivity index (χ3v) is 3.10. The fourth-order valence-corrected chi connectivity index (χ4v) is 1.79. The third kappa shape index (κ3) is 2.67. The number of hydrogen-bond donors (Lipinski definition) is 3. The van der Waals surface area contributed by atoms with Crippen molar-refractivity contribution in [1.29, 1.82) is 0 Å². The van der Waals surface area contributed by atoms with Gasteiger partial charge in [0.2, 0.25) is 5.91 Å². The number of aromatic nitrogens is 2. The van der Waals surface area contributed by atoms with E-state index in [4.69, 9.17) is 10.8 Å². The van der Waals surface area contributed by atoms with Gasteiger partial charge in [0.15, 0.2) is 0 Å². The lowest BCUT2D eigenvalue weighted by Crippen LogP contribution is -2.50. The highest BCUT2D eigenvalue weighted by molar-refractivity contribution is 5.98. The summed E-state index contributed by atoms with van der Waals surface area (Å²) >= 11 is 0. The van der Waals surface area contributed by atoms with Gasteiger partial charge in [0.05, 0.1) is 17.4 Å². The Hall–Kier alpha value is -1.89. The van der Waals surface area contributed by atoms with Crippen LogP contribution in [-0.2, 0) is 16.1 Å². The average Bonchev–Trinajstić information content (AvgIpc) is 3.03. The summed E-state index contributed by atoms with van der Waals surface area (Å²) in [6.07, 6.45) is 4.82. The van der Waals surface area contributed by atoms with Gasteiger partial charge in [-0.15, -0.1) is 0 Å². The fourth-order valence-electron chi connectivity index (χ4n) is 1.79. The van der Waals surface area contributed by atoms with Crippen LogP contribution >= 0.6 is 0 Å². The van der Waals surface area contributed by atoms with Crippen molar-refractivity contribution in [3.63, 3.8) is 0 Å². The fraction of sp³-hybridized carbons (Fsp3) is 0.545. The summed E-state index contributed by atoms with van der Waals surface area (Å²) in [7, 11) is 0. The number of aliphatic carboxylic acids is 1. The second kappa shape index (κ2) is 4.41. The first kappa shape index (κ1) is 12.6. The van der Waals surface area contributed by atoms with Gasteiger partial charge in [0, 0.05) is 6.20 Å². The van der Waals surface area contributed by atoms with Gasteiger partial charge in [-0.2, -0.15) is 5.10 Å². The van der Waals surface area contributed by atoms with E-state index in [9.17, 15) is 9.59 Å². The molecule has 0 spiro atoms. The maximum absolute atomic E-state index is 12.0. The Balaban J connectivity index is 1.98. The van der Waals surface area contributed by atoms with Gasteiger partial charge < -0.3 is 16.2 Å². The second-order valence-electron chi connectivity index (χ2n) is 4.83. The second-order valence-corrected chi connectivity index (χ2v) is 4.83. The highest BCUT2D eigenvalue weighted by Crippen LogP contribution is 2.38. The summed E-state index contributed by atoms with van der Waals surface area (Å²) in [6.45, 7) is 1.47. The summed E-state index contributed by atoms with van der Waals surface area (Å²) in [5.74, 6) is -1.02. The van der Waals surface area contributed by atoms with Crippen molar-refractivity contribution in [3.8, 4) is 0 Å². The lowest BCUT2D eigenvalue weighted by atomic mass is 9.96. The Kier molecular flexibility index (Phi) is 3.08. The largest absolute Gasteiger partial charge is 0.480 e. The van der Waals surface area contributed by atoms with E-state index in [1.54, 1.807) is 6.92 Å². The van der Waals surface area contributed by atoms with Crippen LogP contribution < -0.4 is 11.1 Å². The number of nitrogens with zero attached hydrogens (tertiary/aromatic N) is 2. The van der Waals surface area contributed by atoms with Crippen molar-refractivity contribution >= 4 is 17.6 Å². The first-order valence-corrected chi connectivity index (χ1v) is 5.74. The van der Waals surface area contributed by atoms with Crippen LogP contribution in [0.4, 0.5) is 5.69 Å². The molecule has 1 fully saturated rings. The molecule has 7 heteroatoms. The molecule has 0 radical (unpaired) electrons. The number of carbonyl (C=O) groups excluding carboxylic acids is 1. The van der Waals surface area contributed by atoms with Crippen LogP contribution in [0.15, 0.2) is 12.4 Å². The average molecular weight is 252 g/mol. The lowest BCUT2D eigenvalue weighted by Gasteiger charge is -2.22. The number of carboxylic acids is 1. The molecule has 1 aliphatic rings. The van der Waals surface area contributed by atoms with Gasteiger partial charge in [-0.25, -0.2) is 0 Å². The van der Waals surface area contributed by atoms with Crippen LogP contribution in [0.3, 0.4) is 0 Å². The SMILES string of the molecule is CC(N)(C(=O)Nc1cnn(CC(=O)O)c1)C1CC1. The monoisotopic (exact) mass is 252 g/mol. The zero-order valence-electron chi connectivity index (χ0n) is 10.1. The molecule has 1 aromatic heterocycles. The van der Waals surface area contributed by atoms with Crippen LogP contribution in [-0.4, -0.2) is 32.3 Å². The van der Waals surface area contributed by atoms with Gasteiger partial charge in [-0.3, -0.25) is 14.3 Å². The molecule has 1 aromatic rings. The highest BCUT2D eigenvalue weighted by atomic mass is 16.4. The quantitative estimate of drug-likeness (QED) is 0.685. The molecule has 4 N–H and O–H groups in total. The molecule has 1 saturated carbocycles. The first-order chi connectivity index (χ1) is 8.39. The van der Waals surface area contributed by atoms with E-state index in [-0.39, 0.29) is 18.4 Å². The van der Waals surface area contributed by atoms with Crippen molar-refractivity contribution in [1.82, 2.24) is 9.78 Å². The van der Waals surface area contributed by atoms with E-state index >= 15 is 0 Å². The lowest BCUT2D eigenvalue weighted by molar-refractivity contribution is -0.137. The van der Waals surface area contributed by atoms with Crippen molar-refractivity contribution in [2.24, 2.45) is 11.7 Å². The summed E-state index contributed by atoms with van der Waals surface area (Å²) < 4.78 is 1.24. The number of nitrogens with one attached hydrogen (secondary N) is 1. The van der Waals surface area contributed by atoms with Crippen LogP contribution in [0.5, 0.6) is 0 Å². The number of rotatable bonds is 5. The van der Waals surface area contributed by atoms with E-state index in [2.05, 4.69) is 10.4 Å². The maximum Gasteiger partial charge on any atom is 0.325 e. The van der Waals surface area contributed by atoms with Crippen molar-refractivity contribution in [2.75, 3.05) is 5.32 Å². The maximum atomic E-state index is 12.0. The number of anilines is 1. The molecule has 1 atom stereocenters. The highest BCUT2D eigenvalue weighted by Gasteiger charge is 2.44. The molecule has 0 aromatic carbocycles. The zero-order valence-corrected chi connectivity index (χ0v) is 10.1. The molecule has 18 heavy (non-hydrogen) atoms. The van der Waals surface area contributed by atoms with E-state index in [1.165, 1.54) is 17.1 Å². The molecular formula is C11H16N4O3. The van der Waals surface area contributed by atoms with Gasteiger partial charge >= 0.3 is 5.97 Å². The number of hydrogen-bond acceptors (Lipinski definition) is 4. The molecule has 2 rings (SSSR count). The standard InChI is InChI=1S/C11H16N4O3/c1-11(12,7-2-3-7)10(18)14-8-4-13-15(5-8)6-9(16)17/h4-5,7H,2-3,6,12H2,1H3,(H,14,18)(H,16,17). The van der Waals surface area contributed by atoms with Crippen LogP contribution in [0.1, 0.15) is 19.8 Å². The zero-order chi connectivity index (χ0) is 13.3. The smallest absolute Gasteiger partial charge is 0.325 e. The van der Waals surface area contributed by atoms with Crippen LogP contribution in [0.25, 0.3) is 0 Å². The Bertz CT molecular complexity index is 476. The minimum Gasteiger partial charge on any atom is -0.480 e. The summed E-state index contributed by atoms with van der Waals surface area (Å²) in [6, 6.07) is 0. The Morgan fingerprint density at radius 2 is 2.33 bits per heavy atom. The normalized spacial score (nSPS) is 18.1. The molecule has 1 amide bonds. The Morgan fingerprint density at radius 3 is 2.89 bits per heavy atom. The minimum atomic E-state index is -0.988. The van der Waals surface area contributed by atoms with E-state index in [0.29, 0.717) is 5.69 Å². The van der Waals surface area contributed by atoms with Crippen molar-refractivity contribution in [2.45, 2.75) is 31.8 Å². The molecule has 1 heterocycles. The molecular weight excluding hydrogens is 236 g/mol. The molecule has 1 unspecified atom stereocenters. The van der Waals surface area contributed by atoms with E-state index in [1.807, 2.05) is 0 Å². The first-order valence-electron chi connectivity index (χ1n) is 5.74. The molecule has 1 aliphatic carbocycles. The van der Waals surface area contributed by atoms with Crippen molar-refractivity contribution in [3.05, 3.63) is 12.4 Å². The molecule has 7 nitrogen and oxygen atoms in total. The Labute approximate surface area is 104 Å². The number of amides is 1. The topological polar surface area (TPSA) is 110 Å². The molecule has 0 aliphatic heterocycles. The van der Waals surface area contributed by atoms with E-state index in [0.717, 1.165) is 12.8 Å². The van der Waals surface area contributed by atoms with Gasteiger partial charge in [-0.1, -0.05) is 0 Å². The van der Waals surface area contributed by atoms with Crippen molar-refractivity contribution < 1.29 is 14.7 Å². The van der Waals surface area contributed by atoms with E-state index < -0.39 is 11.5 Å².